The van der Waals surface area contributed by atoms with E-state index in [-0.39, 0.29) is 11.9 Å². The zero-order chi connectivity index (χ0) is 13.5. The van der Waals surface area contributed by atoms with E-state index in [1.54, 1.807) is 11.8 Å². The molecule has 0 spiro atoms. The molecular formula is C15H23NOS. The van der Waals surface area contributed by atoms with E-state index in [1.807, 2.05) is 6.92 Å². The fraction of sp³-hybridized carbons (Fsp3) is 0.533. The molecule has 0 fully saturated rings. The fourth-order valence-corrected chi connectivity index (χ4v) is 2.31. The molecule has 100 valence electrons. The molecule has 0 bridgehead atoms. The SMILES string of the molecule is Cc1cccc(CSCC(=O)N[C@H](C)C(C)C)c1. The molecule has 2 nitrogen and oxygen atoms in total. The van der Waals surface area contributed by atoms with Gasteiger partial charge in [-0.25, -0.2) is 0 Å². The molecule has 0 heterocycles. The van der Waals surface area contributed by atoms with Crippen LogP contribution in [0, 0.1) is 12.8 Å². The first-order valence-corrected chi connectivity index (χ1v) is 7.57. The van der Waals surface area contributed by atoms with E-state index in [0.717, 1.165) is 5.75 Å². The van der Waals surface area contributed by atoms with Crippen LogP contribution in [0.4, 0.5) is 0 Å². The highest BCUT2D eigenvalue weighted by Crippen LogP contribution is 2.13. The normalized spacial score (nSPS) is 12.5. The molecule has 0 aromatic heterocycles. The molecule has 1 atom stereocenters. The van der Waals surface area contributed by atoms with Crippen molar-refractivity contribution in [1.82, 2.24) is 5.32 Å². The largest absolute Gasteiger partial charge is 0.353 e. The number of thioether (sulfide) groups is 1. The first kappa shape index (κ1) is 15.1. The summed E-state index contributed by atoms with van der Waals surface area (Å²) in [4.78, 5) is 11.7. The third-order valence-corrected chi connectivity index (χ3v) is 3.98. The van der Waals surface area contributed by atoms with Crippen LogP contribution < -0.4 is 5.32 Å². The van der Waals surface area contributed by atoms with E-state index < -0.39 is 0 Å². The van der Waals surface area contributed by atoms with E-state index in [0.29, 0.717) is 11.7 Å². The van der Waals surface area contributed by atoms with Crippen molar-refractivity contribution < 1.29 is 4.79 Å². The van der Waals surface area contributed by atoms with Crippen LogP contribution in [0.15, 0.2) is 24.3 Å². The van der Waals surface area contributed by atoms with Crippen LogP contribution in [0.2, 0.25) is 0 Å². The molecule has 1 aromatic rings. The van der Waals surface area contributed by atoms with Gasteiger partial charge in [-0.05, 0) is 25.3 Å². The average Bonchev–Trinajstić information content (AvgIpc) is 2.28. The number of amides is 1. The third-order valence-electron chi connectivity index (χ3n) is 2.97. The van der Waals surface area contributed by atoms with Crippen LogP contribution in [0.25, 0.3) is 0 Å². The summed E-state index contributed by atoms with van der Waals surface area (Å²) < 4.78 is 0. The second-order valence-corrected chi connectivity index (χ2v) is 6.07. The minimum Gasteiger partial charge on any atom is -0.353 e. The number of rotatable bonds is 6. The number of aryl methyl sites for hydroxylation is 1. The molecule has 0 saturated heterocycles. The quantitative estimate of drug-likeness (QED) is 0.854. The van der Waals surface area contributed by atoms with Crippen molar-refractivity contribution >= 4 is 17.7 Å². The summed E-state index contributed by atoms with van der Waals surface area (Å²) in [5, 5.41) is 3.02. The van der Waals surface area contributed by atoms with Gasteiger partial charge in [0.1, 0.15) is 0 Å². The lowest BCUT2D eigenvalue weighted by molar-refractivity contribution is -0.119. The maximum Gasteiger partial charge on any atom is 0.230 e. The predicted octanol–water partition coefficient (Wildman–Crippen LogP) is 3.39. The summed E-state index contributed by atoms with van der Waals surface area (Å²) in [6, 6.07) is 8.67. The van der Waals surface area contributed by atoms with Crippen LogP contribution in [0.3, 0.4) is 0 Å². The Labute approximate surface area is 115 Å². The zero-order valence-corrected chi connectivity index (χ0v) is 12.5. The Bertz CT molecular complexity index is 390. The van der Waals surface area contributed by atoms with Gasteiger partial charge in [0.2, 0.25) is 5.91 Å². The minimum atomic E-state index is 0.133. The van der Waals surface area contributed by atoms with Gasteiger partial charge in [-0.3, -0.25) is 4.79 Å². The number of carbonyl (C=O) groups is 1. The van der Waals surface area contributed by atoms with Gasteiger partial charge in [0.05, 0.1) is 5.75 Å². The lowest BCUT2D eigenvalue weighted by atomic mass is 10.1. The van der Waals surface area contributed by atoms with Gasteiger partial charge in [0.25, 0.3) is 0 Å². The highest BCUT2D eigenvalue weighted by Gasteiger charge is 2.10. The monoisotopic (exact) mass is 265 g/mol. The molecule has 1 aromatic carbocycles. The Hall–Kier alpha value is -0.960. The molecule has 3 heteroatoms. The Morgan fingerprint density at radius 2 is 2.06 bits per heavy atom. The molecule has 0 aliphatic heterocycles. The summed E-state index contributed by atoms with van der Waals surface area (Å²) in [7, 11) is 0. The van der Waals surface area contributed by atoms with E-state index in [1.165, 1.54) is 11.1 Å². The van der Waals surface area contributed by atoms with Gasteiger partial charge in [0, 0.05) is 11.8 Å². The number of carbonyl (C=O) groups excluding carboxylic acids is 1. The molecule has 1 N–H and O–H groups in total. The lowest BCUT2D eigenvalue weighted by Gasteiger charge is -2.17. The molecule has 1 rings (SSSR count). The molecular weight excluding hydrogens is 242 g/mol. The topological polar surface area (TPSA) is 29.1 Å². The molecule has 0 radical (unpaired) electrons. The van der Waals surface area contributed by atoms with Gasteiger partial charge in [-0.2, -0.15) is 0 Å². The maximum absolute atomic E-state index is 11.7. The Morgan fingerprint density at radius 1 is 1.33 bits per heavy atom. The second kappa shape index (κ2) is 7.47. The summed E-state index contributed by atoms with van der Waals surface area (Å²) in [5.41, 5.74) is 2.55. The van der Waals surface area contributed by atoms with E-state index in [4.69, 9.17) is 0 Å². The number of nitrogens with one attached hydrogen (secondary N) is 1. The van der Waals surface area contributed by atoms with Gasteiger partial charge in [-0.15, -0.1) is 11.8 Å². The van der Waals surface area contributed by atoms with E-state index in [2.05, 4.69) is 50.4 Å². The smallest absolute Gasteiger partial charge is 0.230 e. The van der Waals surface area contributed by atoms with Crippen molar-refractivity contribution in [1.29, 1.82) is 0 Å². The molecule has 0 unspecified atom stereocenters. The summed E-state index contributed by atoms with van der Waals surface area (Å²) >= 11 is 1.66. The highest BCUT2D eigenvalue weighted by molar-refractivity contribution is 7.99. The second-order valence-electron chi connectivity index (χ2n) is 5.08. The Morgan fingerprint density at radius 3 is 2.67 bits per heavy atom. The van der Waals surface area contributed by atoms with Crippen molar-refractivity contribution in [2.45, 2.75) is 39.5 Å². The van der Waals surface area contributed by atoms with Crippen molar-refractivity contribution in [3.63, 3.8) is 0 Å². The van der Waals surface area contributed by atoms with Crippen molar-refractivity contribution in [3.8, 4) is 0 Å². The molecule has 18 heavy (non-hydrogen) atoms. The van der Waals surface area contributed by atoms with E-state index in [9.17, 15) is 4.79 Å². The molecule has 0 aliphatic rings. The Balaban J connectivity index is 2.27. The van der Waals surface area contributed by atoms with E-state index >= 15 is 0 Å². The third kappa shape index (κ3) is 5.58. The summed E-state index contributed by atoms with van der Waals surface area (Å²) in [6.45, 7) is 8.37. The van der Waals surface area contributed by atoms with Gasteiger partial charge < -0.3 is 5.32 Å². The number of hydrogen-bond acceptors (Lipinski definition) is 2. The van der Waals surface area contributed by atoms with Gasteiger partial charge in [-0.1, -0.05) is 43.7 Å². The summed E-state index contributed by atoms with van der Waals surface area (Å²) in [6.07, 6.45) is 0. The van der Waals surface area contributed by atoms with Crippen LogP contribution in [-0.2, 0) is 10.5 Å². The standard InChI is InChI=1S/C15H23NOS/c1-11(2)13(4)16-15(17)10-18-9-14-7-5-6-12(3)8-14/h5-8,11,13H,9-10H2,1-4H3,(H,16,17)/t13-/m1/s1. The molecule has 0 aliphatic carbocycles. The summed E-state index contributed by atoms with van der Waals surface area (Å²) in [5.74, 6) is 2.04. The van der Waals surface area contributed by atoms with Crippen molar-refractivity contribution in [3.05, 3.63) is 35.4 Å². The van der Waals surface area contributed by atoms with Gasteiger partial charge >= 0.3 is 0 Å². The van der Waals surface area contributed by atoms with Crippen LogP contribution in [0.1, 0.15) is 31.9 Å². The zero-order valence-electron chi connectivity index (χ0n) is 11.7. The van der Waals surface area contributed by atoms with Gasteiger partial charge in [0.15, 0.2) is 0 Å². The number of benzene rings is 1. The highest BCUT2D eigenvalue weighted by atomic mass is 32.2. The van der Waals surface area contributed by atoms with Crippen molar-refractivity contribution in [2.24, 2.45) is 5.92 Å². The maximum atomic E-state index is 11.7. The number of hydrogen-bond donors (Lipinski definition) is 1. The lowest BCUT2D eigenvalue weighted by Crippen LogP contribution is -2.37. The van der Waals surface area contributed by atoms with Crippen LogP contribution in [-0.4, -0.2) is 17.7 Å². The minimum absolute atomic E-state index is 0.133. The Kier molecular flexibility index (Phi) is 6.27. The van der Waals surface area contributed by atoms with Crippen molar-refractivity contribution in [2.75, 3.05) is 5.75 Å². The average molecular weight is 265 g/mol. The first-order chi connectivity index (χ1) is 8.49. The first-order valence-electron chi connectivity index (χ1n) is 6.41. The predicted molar refractivity (Wildman–Crippen MR) is 79.8 cm³/mol. The fourth-order valence-electron chi connectivity index (χ4n) is 1.53. The molecule has 1 amide bonds. The van der Waals surface area contributed by atoms with Crippen LogP contribution >= 0.6 is 11.8 Å². The van der Waals surface area contributed by atoms with Crippen LogP contribution in [0.5, 0.6) is 0 Å². The molecule has 0 saturated carbocycles.